The van der Waals surface area contributed by atoms with Gasteiger partial charge in [-0.1, -0.05) is 41.7 Å². The van der Waals surface area contributed by atoms with Crippen LogP contribution in [0, 0.1) is 5.82 Å². The lowest BCUT2D eigenvalue weighted by Gasteiger charge is -2.17. The number of anilines is 1. The van der Waals surface area contributed by atoms with Gasteiger partial charge < -0.3 is 4.90 Å². The number of carbonyl (C=O) groups excluding carboxylic acids is 1. The number of thiazole rings is 1. The van der Waals surface area contributed by atoms with Crippen LogP contribution in [0.3, 0.4) is 0 Å². The standard InChI is InChI=1S/C24H14FN5O2S/c25-16-7-5-14(6-8-16)13-29-18-4-2-1-3-17(18)19(22(29)31)20-23(32)30-24(33-20)27-21(28-30)15-9-11-26-12-10-15/h1-12H,13H2. The molecule has 0 spiro atoms. The first-order valence-corrected chi connectivity index (χ1v) is 10.9. The number of carbonyl (C=O) groups is 1. The van der Waals surface area contributed by atoms with Crippen LogP contribution < -0.4 is 15.0 Å². The summed E-state index contributed by atoms with van der Waals surface area (Å²) in [7, 11) is 0. The molecular weight excluding hydrogens is 441 g/mol. The van der Waals surface area contributed by atoms with Gasteiger partial charge in [0.1, 0.15) is 10.3 Å². The van der Waals surface area contributed by atoms with E-state index in [-0.39, 0.29) is 23.8 Å². The van der Waals surface area contributed by atoms with Crippen molar-refractivity contribution in [3.05, 3.63) is 105 Å². The molecule has 0 N–H and O–H groups in total. The summed E-state index contributed by atoms with van der Waals surface area (Å²) in [6.07, 6.45) is 3.27. The second-order valence-corrected chi connectivity index (χ2v) is 8.49. The lowest BCUT2D eigenvalue weighted by Crippen LogP contribution is -2.32. The summed E-state index contributed by atoms with van der Waals surface area (Å²) in [5.74, 6) is -0.194. The fourth-order valence-corrected chi connectivity index (χ4v) is 4.94. The van der Waals surface area contributed by atoms with Crippen molar-refractivity contribution in [3.63, 3.8) is 0 Å². The van der Waals surface area contributed by atoms with E-state index in [1.54, 1.807) is 41.6 Å². The van der Waals surface area contributed by atoms with Crippen molar-refractivity contribution in [2.24, 2.45) is 0 Å². The average Bonchev–Trinajstić information content (AvgIpc) is 3.47. The molecule has 0 aliphatic carbocycles. The Morgan fingerprint density at radius 1 is 0.939 bits per heavy atom. The molecule has 160 valence electrons. The van der Waals surface area contributed by atoms with E-state index < -0.39 is 0 Å². The number of pyridine rings is 1. The predicted octanol–water partition coefficient (Wildman–Crippen LogP) is 2.82. The van der Waals surface area contributed by atoms with Gasteiger partial charge >= 0.3 is 0 Å². The van der Waals surface area contributed by atoms with Crippen LogP contribution >= 0.6 is 11.3 Å². The average molecular weight is 455 g/mol. The van der Waals surface area contributed by atoms with Gasteiger partial charge in [-0.15, -0.1) is 5.10 Å². The second-order valence-electron chi connectivity index (χ2n) is 7.51. The first kappa shape index (κ1) is 19.4. The number of hydrogen-bond donors (Lipinski definition) is 0. The molecule has 1 amide bonds. The highest BCUT2D eigenvalue weighted by atomic mass is 32.1. The fraction of sp³-hybridized carbons (Fsp3) is 0.0417. The molecule has 33 heavy (non-hydrogen) atoms. The minimum Gasteiger partial charge on any atom is -0.303 e. The molecule has 0 unspecified atom stereocenters. The van der Waals surface area contributed by atoms with E-state index in [0.717, 1.165) is 22.5 Å². The maximum absolute atomic E-state index is 13.5. The highest BCUT2D eigenvalue weighted by molar-refractivity contribution is 7.15. The van der Waals surface area contributed by atoms with Gasteiger partial charge in [0.2, 0.25) is 4.96 Å². The van der Waals surface area contributed by atoms with Gasteiger partial charge in [0.05, 0.1) is 17.8 Å². The Morgan fingerprint density at radius 3 is 2.45 bits per heavy atom. The third kappa shape index (κ3) is 3.13. The molecule has 7 nitrogen and oxygen atoms in total. The molecule has 2 aromatic carbocycles. The van der Waals surface area contributed by atoms with Crippen LogP contribution in [0.1, 0.15) is 11.1 Å². The molecule has 9 heteroatoms. The smallest absolute Gasteiger partial charge is 0.291 e. The van der Waals surface area contributed by atoms with E-state index in [2.05, 4.69) is 15.1 Å². The molecule has 4 heterocycles. The second kappa shape index (κ2) is 7.42. The van der Waals surface area contributed by atoms with Gasteiger partial charge in [-0.2, -0.15) is 9.50 Å². The molecule has 5 aromatic rings. The van der Waals surface area contributed by atoms with Gasteiger partial charge in [0, 0.05) is 23.5 Å². The summed E-state index contributed by atoms with van der Waals surface area (Å²) < 4.78 is 14.8. The van der Waals surface area contributed by atoms with Crippen molar-refractivity contribution in [2.45, 2.75) is 6.54 Å². The zero-order valence-electron chi connectivity index (χ0n) is 17.0. The summed E-state index contributed by atoms with van der Waals surface area (Å²) in [5.41, 5.74) is 2.87. The van der Waals surface area contributed by atoms with Crippen LogP contribution in [0.5, 0.6) is 0 Å². The number of amides is 1. The van der Waals surface area contributed by atoms with Gasteiger partial charge in [-0.3, -0.25) is 14.6 Å². The fourth-order valence-electron chi connectivity index (χ4n) is 3.94. The first-order valence-electron chi connectivity index (χ1n) is 10.1. The zero-order chi connectivity index (χ0) is 22.5. The normalized spacial score (nSPS) is 14.8. The number of fused-ring (bicyclic) bond motifs is 2. The molecule has 0 saturated heterocycles. The Kier molecular flexibility index (Phi) is 4.37. The number of nitrogens with zero attached hydrogens (tertiary/aromatic N) is 5. The number of benzene rings is 2. The van der Waals surface area contributed by atoms with Crippen molar-refractivity contribution in [3.8, 4) is 11.4 Å². The molecule has 3 aromatic heterocycles. The van der Waals surface area contributed by atoms with Crippen molar-refractivity contribution >= 4 is 33.5 Å². The molecule has 6 rings (SSSR count). The maximum atomic E-state index is 13.5. The summed E-state index contributed by atoms with van der Waals surface area (Å²) in [6, 6.07) is 16.9. The van der Waals surface area contributed by atoms with Gasteiger partial charge in [0.15, 0.2) is 5.82 Å². The lowest BCUT2D eigenvalue weighted by molar-refractivity contribution is -0.113. The van der Waals surface area contributed by atoms with Crippen molar-refractivity contribution in [1.82, 2.24) is 19.6 Å². The molecule has 1 aliphatic heterocycles. The van der Waals surface area contributed by atoms with E-state index in [1.807, 2.05) is 24.3 Å². The summed E-state index contributed by atoms with van der Waals surface area (Å²) in [5, 5.41) is 4.35. The van der Waals surface area contributed by atoms with Gasteiger partial charge in [-0.25, -0.2) is 4.39 Å². The third-order valence-electron chi connectivity index (χ3n) is 5.50. The summed E-state index contributed by atoms with van der Waals surface area (Å²) in [4.78, 5) is 37.2. The predicted molar refractivity (Wildman–Crippen MR) is 122 cm³/mol. The topological polar surface area (TPSA) is 80.5 Å². The number of hydrogen-bond acceptors (Lipinski definition) is 6. The maximum Gasteiger partial charge on any atom is 0.291 e. The van der Waals surface area contributed by atoms with Crippen LogP contribution in [0.4, 0.5) is 10.1 Å². The molecule has 1 aliphatic rings. The first-order chi connectivity index (χ1) is 16.1. The number of aromatic nitrogens is 4. The van der Waals surface area contributed by atoms with Crippen molar-refractivity contribution in [1.29, 1.82) is 0 Å². The van der Waals surface area contributed by atoms with E-state index >= 15 is 0 Å². The molecule has 0 fully saturated rings. The van der Waals surface area contributed by atoms with E-state index in [1.165, 1.54) is 16.6 Å². The molecule has 0 radical (unpaired) electrons. The van der Waals surface area contributed by atoms with Crippen LogP contribution in [-0.2, 0) is 11.3 Å². The Hall–Kier alpha value is -4.24. The van der Waals surface area contributed by atoms with E-state index in [9.17, 15) is 14.0 Å². The summed E-state index contributed by atoms with van der Waals surface area (Å²) in [6.45, 7) is 0.265. The lowest BCUT2D eigenvalue weighted by atomic mass is 10.1. The van der Waals surface area contributed by atoms with Crippen molar-refractivity contribution < 1.29 is 9.18 Å². The summed E-state index contributed by atoms with van der Waals surface area (Å²) >= 11 is 1.14. The largest absolute Gasteiger partial charge is 0.303 e. The van der Waals surface area contributed by atoms with Gasteiger partial charge in [-0.05, 0) is 35.9 Å². The Bertz CT molecular complexity index is 1640. The number of rotatable bonds is 3. The van der Waals surface area contributed by atoms with Crippen LogP contribution in [0.15, 0.2) is 77.9 Å². The minimum atomic E-state index is -0.385. The van der Waals surface area contributed by atoms with E-state index in [4.69, 9.17) is 0 Å². The number of halogens is 1. The third-order valence-corrected chi connectivity index (χ3v) is 6.53. The molecule has 0 saturated carbocycles. The Balaban J connectivity index is 1.49. The highest BCUT2D eigenvalue weighted by Crippen LogP contribution is 2.36. The van der Waals surface area contributed by atoms with Crippen LogP contribution in [0.2, 0.25) is 0 Å². The molecule has 0 atom stereocenters. The molecule has 0 bridgehead atoms. The van der Waals surface area contributed by atoms with E-state index in [0.29, 0.717) is 32.1 Å². The van der Waals surface area contributed by atoms with Crippen LogP contribution in [0.25, 0.3) is 21.9 Å². The van der Waals surface area contributed by atoms with Crippen molar-refractivity contribution in [2.75, 3.05) is 4.90 Å². The Morgan fingerprint density at radius 2 is 1.70 bits per heavy atom. The zero-order valence-corrected chi connectivity index (χ0v) is 17.8. The van der Waals surface area contributed by atoms with Crippen LogP contribution in [-0.4, -0.2) is 25.5 Å². The molecular formula is C24H14FN5O2S. The monoisotopic (exact) mass is 455 g/mol. The minimum absolute atomic E-state index is 0.265. The SMILES string of the molecule is O=C1C(=c2sc3nc(-c4ccncc4)nn3c2=O)c2ccccc2N1Cc1ccc(F)cc1. The number of para-hydroxylation sites is 1. The highest BCUT2D eigenvalue weighted by Gasteiger charge is 2.34. The Labute approximate surface area is 190 Å². The van der Waals surface area contributed by atoms with Gasteiger partial charge in [0.25, 0.3) is 11.5 Å². The quantitative estimate of drug-likeness (QED) is 0.418.